The molecule has 43 heavy (non-hydrogen) atoms. The van der Waals surface area contributed by atoms with E-state index in [9.17, 15) is 9.18 Å². The van der Waals surface area contributed by atoms with Gasteiger partial charge in [0.15, 0.2) is 23.0 Å². The molecule has 3 aromatic heterocycles. The third-order valence-electron chi connectivity index (χ3n) is 7.57. The highest BCUT2D eigenvalue weighted by atomic mass is 19.1. The normalized spacial score (nSPS) is 17.3. The van der Waals surface area contributed by atoms with E-state index in [-0.39, 0.29) is 30.1 Å². The number of imidazole rings is 1. The topological polar surface area (TPSA) is 138 Å². The van der Waals surface area contributed by atoms with E-state index in [1.807, 2.05) is 6.07 Å². The van der Waals surface area contributed by atoms with E-state index in [1.165, 1.54) is 25.4 Å². The minimum atomic E-state index is -0.618. The van der Waals surface area contributed by atoms with Gasteiger partial charge in [-0.25, -0.2) is 24.1 Å². The number of fused-ring (bicyclic) bond motifs is 1. The molecule has 1 aromatic carbocycles. The number of carbonyl (C=O) groups is 1. The summed E-state index contributed by atoms with van der Waals surface area (Å²) in [6.45, 7) is 3.59. The number of likely N-dealkylation sites (tertiary alicyclic amines) is 1. The van der Waals surface area contributed by atoms with Crippen LogP contribution in [-0.2, 0) is 29.2 Å². The standard InChI is InChI=1S/C30H30FN7O5/c1-40-30(39)20-13-24-29(34-15-20)36-27(38(24)16-22-7-11-41-22)17-37-9-5-21(6-10-37)43-28-4-8-33-26(35-28)18-42-25-3-2-19(14-32)12-23(25)31/h2-4,8,12-13,15,21-22H,5-7,9-11,16-18H2,1H3/t22-/m0/s1. The van der Waals surface area contributed by atoms with E-state index in [2.05, 4.69) is 24.4 Å². The van der Waals surface area contributed by atoms with Gasteiger partial charge in [0.25, 0.3) is 0 Å². The van der Waals surface area contributed by atoms with Crippen LogP contribution in [0.5, 0.6) is 11.6 Å². The van der Waals surface area contributed by atoms with E-state index in [0.29, 0.717) is 36.0 Å². The molecule has 0 N–H and O–H groups in total. The van der Waals surface area contributed by atoms with Crippen molar-refractivity contribution >= 4 is 17.1 Å². The Kier molecular flexibility index (Phi) is 8.39. The molecule has 13 heteroatoms. The summed E-state index contributed by atoms with van der Waals surface area (Å²) >= 11 is 0. The summed E-state index contributed by atoms with van der Waals surface area (Å²) < 4.78 is 38.5. The van der Waals surface area contributed by atoms with Crippen LogP contribution in [0.3, 0.4) is 0 Å². The highest BCUT2D eigenvalue weighted by Crippen LogP contribution is 2.24. The third kappa shape index (κ3) is 6.55. The number of esters is 1. The molecule has 0 radical (unpaired) electrons. The average Bonchev–Trinajstić information content (AvgIpc) is 3.34. The van der Waals surface area contributed by atoms with E-state index in [1.54, 1.807) is 18.3 Å². The summed E-state index contributed by atoms with van der Waals surface area (Å²) in [6.07, 6.45) is 5.74. The Morgan fingerprint density at radius 3 is 2.72 bits per heavy atom. The van der Waals surface area contributed by atoms with Crippen molar-refractivity contribution in [1.29, 1.82) is 5.26 Å². The van der Waals surface area contributed by atoms with Crippen LogP contribution in [0.2, 0.25) is 0 Å². The highest BCUT2D eigenvalue weighted by molar-refractivity contribution is 5.92. The molecule has 0 unspecified atom stereocenters. The van der Waals surface area contributed by atoms with Crippen molar-refractivity contribution in [2.75, 3.05) is 26.8 Å². The molecule has 2 saturated heterocycles. The first-order valence-corrected chi connectivity index (χ1v) is 14.1. The first-order valence-electron chi connectivity index (χ1n) is 14.1. The number of carbonyl (C=O) groups excluding carboxylic acids is 1. The van der Waals surface area contributed by atoms with Crippen molar-refractivity contribution in [3.05, 3.63) is 71.3 Å². The number of aromatic nitrogens is 5. The molecule has 0 saturated carbocycles. The maximum Gasteiger partial charge on any atom is 0.339 e. The van der Waals surface area contributed by atoms with E-state index in [0.717, 1.165) is 56.4 Å². The molecule has 6 rings (SSSR count). The van der Waals surface area contributed by atoms with E-state index >= 15 is 0 Å². The van der Waals surface area contributed by atoms with Gasteiger partial charge >= 0.3 is 5.97 Å². The summed E-state index contributed by atoms with van der Waals surface area (Å²) in [4.78, 5) is 32.3. The first kappa shape index (κ1) is 28.4. The predicted molar refractivity (Wildman–Crippen MR) is 150 cm³/mol. The molecule has 0 aliphatic carbocycles. The van der Waals surface area contributed by atoms with Crippen molar-refractivity contribution in [1.82, 2.24) is 29.4 Å². The minimum absolute atomic E-state index is 0.0229. The predicted octanol–water partition coefficient (Wildman–Crippen LogP) is 3.43. The smallest absolute Gasteiger partial charge is 0.339 e. The van der Waals surface area contributed by atoms with Gasteiger partial charge in [-0.05, 0) is 43.5 Å². The second kappa shape index (κ2) is 12.7. The molecule has 2 fully saturated rings. The number of piperidine rings is 1. The van der Waals surface area contributed by atoms with Crippen LogP contribution in [0.25, 0.3) is 11.2 Å². The molecule has 2 aliphatic rings. The summed E-state index contributed by atoms with van der Waals surface area (Å²) in [5.41, 5.74) is 1.98. The summed E-state index contributed by atoms with van der Waals surface area (Å²) in [5.74, 6) is 0.633. The van der Waals surface area contributed by atoms with Crippen molar-refractivity contribution in [2.45, 2.75) is 51.2 Å². The Balaban J connectivity index is 1.06. The number of ether oxygens (including phenoxy) is 4. The number of hydrogen-bond acceptors (Lipinski definition) is 11. The molecule has 4 aromatic rings. The minimum Gasteiger partial charge on any atom is -0.483 e. The van der Waals surface area contributed by atoms with Crippen molar-refractivity contribution < 1.29 is 28.1 Å². The molecule has 12 nitrogen and oxygen atoms in total. The second-order valence-electron chi connectivity index (χ2n) is 10.4. The number of pyridine rings is 1. The summed E-state index contributed by atoms with van der Waals surface area (Å²) in [7, 11) is 1.35. The van der Waals surface area contributed by atoms with E-state index < -0.39 is 11.8 Å². The summed E-state index contributed by atoms with van der Waals surface area (Å²) in [6, 6.07) is 9.39. The Morgan fingerprint density at radius 1 is 1.16 bits per heavy atom. The van der Waals surface area contributed by atoms with Crippen LogP contribution in [0.15, 0.2) is 42.7 Å². The van der Waals surface area contributed by atoms with Crippen molar-refractivity contribution in [3.8, 4) is 17.7 Å². The number of nitriles is 1. The molecule has 222 valence electrons. The van der Waals surface area contributed by atoms with Crippen molar-refractivity contribution in [3.63, 3.8) is 0 Å². The Labute approximate surface area is 247 Å². The molecule has 0 bridgehead atoms. The summed E-state index contributed by atoms with van der Waals surface area (Å²) in [5, 5.41) is 8.90. The van der Waals surface area contributed by atoms with Crippen LogP contribution in [0, 0.1) is 17.1 Å². The number of benzene rings is 1. The monoisotopic (exact) mass is 587 g/mol. The number of methoxy groups -OCH3 is 1. The SMILES string of the molecule is COC(=O)c1cnc2nc(CN3CCC(Oc4ccnc(COc5ccc(C#N)cc5F)n4)CC3)n(C[C@@H]3CCO3)c2c1. The van der Waals surface area contributed by atoms with Gasteiger partial charge in [-0.15, -0.1) is 0 Å². The zero-order chi connectivity index (χ0) is 29.8. The average molecular weight is 588 g/mol. The second-order valence-corrected chi connectivity index (χ2v) is 10.4. The van der Waals surface area contributed by atoms with Gasteiger partial charge in [-0.1, -0.05) is 0 Å². The van der Waals surface area contributed by atoms with E-state index in [4.69, 9.17) is 29.2 Å². The lowest BCUT2D eigenvalue weighted by Gasteiger charge is -2.32. The molecule has 5 heterocycles. The molecular formula is C30H30FN7O5. The maximum atomic E-state index is 14.1. The fourth-order valence-corrected chi connectivity index (χ4v) is 5.14. The fourth-order valence-electron chi connectivity index (χ4n) is 5.14. The quantitative estimate of drug-likeness (QED) is 0.252. The van der Waals surface area contributed by atoms with Crippen LogP contribution in [0.1, 0.15) is 46.8 Å². The van der Waals surface area contributed by atoms with Crippen LogP contribution in [-0.4, -0.2) is 74.4 Å². The fraction of sp³-hybridized carbons (Fsp3) is 0.400. The molecule has 2 aliphatic heterocycles. The zero-order valence-electron chi connectivity index (χ0n) is 23.6. The number of hydrogen-bond donors (Lipinski definition) is 0. The first-order chi connectivity index (χ1) is 21.0. The lowest BCUT2D eigenvalue weighted by atomic mass is 10.1. The van der Waals surface area contributed by atoms with Crippen LogP contribution >= 0.6 is 0 Å². The van der Waals surface area contributed by atoms with Crippen LogP contribution < -0.4 is 9.47 Å². The Morgan fingerprint density at radius 2 is 2.00 bits per heavy atom. The van der Waals surface area contributed by atoms with Gasteiger partial charge in [0.05, 0.1) is 49.0 Å². The Bertz CT molecular complexity index is 1660. The Hall–Kier alpha value is -4.67. The van der Waals surface area contributed by atoms with Gasteiger partial charge in [-0.3, -0.25) is 4.90 Å². The van der Waals surface area contributed by atoms with Gasteiger partial charge in [0.1, 0.15) is 18.5 Å². The molecule has 0 amide bonds. The lowest BCUT2D eigenvalue weighted by molar-refractivity contribution is -0.0592. The zero-order valence-corrected chi connectivity index (χ0v) is 23.6. The number of halogens is 1. The lowest BCUT2D eigenvalue weighted by Crippen LogP contribution is -2.39. The van der Waals surface area contributed by atoms with Gasteiger partial charge < -0.3 is 23.5 Å². The highest BCUT2D eigenvalue weighted by Gasteiger charge is 2.26. The van der Waals surface area contributed by atoms with Crippen molar-refractivity contribution in [2.24, 2.45) is 0 Å². The number of nitrogens with zero attached hydrogens (tertiary/aromatic N) is 7. The van der Waals surface area contributed by atoms with Gasteiger partial charge in [-0.2, -0.15) is 10.2 Å². The largest absolute Gasteiger partial charge is 0.483 e. The molecular weight excluding hydrogens is 557 g/mol. The molecule has 1 atom stereocenters. The maximum absolute atomic E-state index is 14.1. The molecule has 0 spiro atoms. The number of rotatable bonds is 10. The van der Waals surface area contributed by atoms with Crippen LogP contribution in [0.4, 0.5) is 4.39 Å². The van der Waals surface area contributed by atoms with Gasteiger partial charge in [0, 0.05) is 38.2 Å². The third-order valence-corrected chi connectivity index (χ3v) is 7.57. The van der Waals surface area contributed by atoms with Gasteiger partial charge in [0.2, 0.25) is 5.88 Å².